The van der Waals surface area contributed by atoms with Crippen LogP contribution in [0.3, 0.4) is 0 Å². The third-order valence-electron chi connectivity index (χ3n) is 3.07. The molecular weight excluding hydrogens is 210 g/mol. The van der Waals surface area contributed by atoms with Crippen LogP contribution in [-0.2, 0) is 17.0 Å². The van der Waals surface area contributed by atoms with E-state index in [9.17, 15) is 8.78 Å². The van der Waals surface area contributed by atoms with Crippen molar-refractivity contribution in [3.63, 3.8) is 0 Å². The minimum atomic E-state index is -1.58. The third kappa shape index (κ3) is 1.84. The van der Waals surface area contributed by atoms with Crippen LogP contribution in [-0.4, -0.2) is 6.61 Å². The quantitative estimate of drug-likeness (QED) is 0.710. The molecule has 1 aromatic carbocycles. The van der Waals surface area contributed by atoms with E-state index in [0.29, 0.717) is 11.1 Å². The first-order valence-corrected chi connectivity index (χ1v) is 5.51. The Labute approximate surface area is 94.4 Å². The second-order valence-corrected chi connectivity index (χ2v) is 4.87. The fraction of sp³-hybridized carbons (Fsp3) is 0.538. The Bertz CT molecular complexity index is 411. The zero-order chi connectivity index (χ0) is 11.9. The molecule has 0 bridgehead atoms. The van der Waals surface area contributed by atoms with Crippen molar-refractivity contribution in [3.05, 3.63) is 34.6 Å². The maximum absolute atomic E-state index is 14.2. The Morgan fingerprint density at radius 1 is 1.38 bits per heavy atom. The molecule has 1 atom stereocenters. The fourth-order valence-corrected chi connectivity index (χ4v) is 2.03. The lowest BCUT2D eigenvalue weighted by molar-refractivity contribution is -0.00650. The number of fused-ring (bicyclic) bond motifs is 1. The van der Waals surface area contributed by atoms with Crippen molar-refractivity contribution < 1.29 is 13.5 Å². The van der Waals surface area contributed by atoms with Crippen LogP contribution in [0.1, 0.15) is 43.4 Å². The molecule has 0 N–H and O–H groups in total. The molecule has 0 saturated heterocycles. The molecule has 0 aromatic heterocycles. The van der Waals surface area contributed by atoms with Gasteiger partial charge in [0.15, 0.2) is 5.67 Å². The number of ether oxygens (including phenoxy) is 1. The molecule has 88 valence electrons. The Morgan fingerprint density at radius 2 is 2.06 bits per heavy atom. The van der Waals surface area contributed by atoms with Crippen LogP contribution >= 0.6 is 0 Å². The molecule has 1 aliphatic heterocycles. The van der Waals surface area contributed by atoms with Gasteiger partial charge in [-0.25, -0.2) is 8.78 Å². The molecule has 0 spiro atoms. The summed E-state index contributed by atoms with van der Waals surface area (Å²) in [7, 11) is 0. The average Bonchev–Trinajstić information content (AvgIpc) is 2.18. The van der Waals surface area contributed by atoms with Gasteiger partial charge < -0.3 is 4.74 Å². The SMILES string of the molecule is CC(C)c1cc(F)c2c(c1)C(C)(F)COC2. The van der Waals surface area contributed by atoms with Crippen molar-refractivity contribution in [2.24, 2.45) is 0 Å². The smallest absolute Gasteiger partial charge is 0.156 e. The molecular formula is C13H16F2O. The summed E-state index contributed by atoms with van der Waals surface area (Å²) < 4.78 is 33.1. The molecule has 0 aliphatic carbocycles. The normalized spacial score (nSPS) is 24.6. The first-order chi connectivity index (χ1) is 7.42. The molecule has 1 heterocycles. The lowest BCUT2D eigenvalue weighted by atomic mass is 9.87. The maximum atomic E-state index is 14.2. The highest BCUT2D eigenvalue weighted by molar-refractivity contribution is 5.39. The molecule has 1 unspecified atom stereocenters. The van der Waals surface area contributed by atoms with Gasteiger partial charge in [-0.15, -0.1) is 0 Å². The number of benzene rings is 1. The van der Waals surface area contributed by atoms with Crippen molar-refractivity contribution in [3.8, 4) is 0 Å². The summed E-state index contributed by atoms with van der Waals surface area (Å²) in [5.41, 5.74) is 0.0596. The summed E-state index contributed by atoms with van der Waals surface area (Å²) in [5.74, 6) is -0.164. The van der Waals surface area contributed by atoms with E-state index in [-0.39, 0.29) is 24.9 Å². The molecule has 0 amide bonds. The van der Waals surface area contributed by atoms with Gasteiger partial charge in [-0.05, 0) is 30.0 Å². The van der Waals surface area contributed by atoms with Crippen molar-refractivity contribution >= 4 is 0 Å². The van der Waals surface area contributed by atoms with E-state index in [1.54, 1.807) is 6.07 Å². The highest BCUT2D eigenvalue weighted by Crippen LogP contribution is 2.36. The lowest BCUT2D eigenvalue weighted by Gasteiger charge is -2.30. The molecule has 1 aromatic rings. The topological polar surface area (TPSA) is 9.23 Å². The van der Waals surface area contributed by atoms with E-state index in [1.165, 1.54) is 13.0 Å². The summed E-state index contributed by atoms with van der Waals surface area (Å²) in [5, 5.41) is 0. The van der Waals surface area contributed by atoms with Gasteiger partial charge >= 0.3 is 0 Å². The molecule has 0 radical (unpaired) electrons. The van der Waals surface area contributed by atoms with Crippen molar-refractivity contribution in [2.75, 3.05) is 6.61 Å². The number of hydrogen-bond acceptors (Lipinski definition) is 1. The average molecular weight is 226 g/mol. The molecule has 1 nitrogen and oxygen atoms in total. The maximum Gasteiger partial charge on any atom is 0.156 e. The van der Waals surface area contributed by atoms with E-state index in [0.717, 1.165) is 5.56 Å². The molecule has 3 heteroatoms. The van der Waals surface area contributed by atoms with Crippen LogP contribution in [0.25, 0.3) is 0 Å². The summed E-state index contributed by atoms with van der Waals surface area (Å²) >= 11 is 0. The zero-order valence-corrected chi connectivity index (χ0v) is 9.81. The number of halogens is 2. The van der Waals surface area contributed by atoms with Gasteiger partial charge in [-0.2, -0.15) is 0 Å². The predicted octanol–water partition coefficient (Wildman–Crippen LogP) is 3.66. The Morgan fingerprint density at radius 3 is 2.69 bits per heavy atom. The number of alkyl halides is 1. The zero-order valence-electron chi connectivity index (χ0n) is 9.81. The number of rotatable bonds is 1. The fourth-order valence-electron chi connectivity index (χ4n) is 2.03. The predicted molar refractivity (Wildman–Crippen MR) is 58.6 cm³/mol. The number of hydrogen-bond donors (Lipinski definition) is 0. The molecule has 2 rings (SSSR count). The monoisotopic (exact) mass is 226 g/mol. The molecule has 1 aliphatic rings. The second kappa shape index (κ2) is 3.81. The molecule has 0 fully saturated rings. The molecule has 0 saturated carbocycles. The van der Waals surface area contributed by atoms with E-state index < -0.39 is 5.67 Å². The van der Waals surface area contributed by atoms with Gasteiger partial charge in [-0.1, -0.05) is 19.9 Å². The second-order valence-electron chi connectivity index (χ2n) is 4.87. The summed E-state index contributed by atoms with van der Waals surface area (Å²) in [6.45, 7) is 5.54. The Kier molecular flexibility index (Phi) is 2.74. The third-order valence-corrected chi connectivity index (χ3v) is 3.07. The van der Waals surface area contributed by atoms with E-state index in [2.05, 4.69) is 0 Å². The van der Waals surface area contributed by atoms with Gasteiger partial charge in [0.1, 0.15) is 5.82 Å². The van der Waals surface area contributed by atoms with Crippen molar-refractivity contribution in [1.82, 2.24) is 0 Å². The highest BCUT2D eigenvalue weighted by atomic mass is 19.1. The van der Waals surface area contributed by atoms with E-state index in [4.69, 9.17) is 4.74 Å². The van der Waals surface area contributed by atoms with Gasteiger partial charge in [0, 0.05) is 5.56 Å². The van der Waals surface area contributed by atoms with Gasteiger partial charge in [0.2, 0.25) is 0 Å². The van der Waals surface area contributed by atoms with Crippen LogP contribution in [0.5, 0.6) is 0 Å². The summed E-state index contributed by atoms with van der Waals surface area (Å²) in [4.78, 5) is 0. The van der Waals surface area contributed by atoms with Crippen LogP contribution in [0.15, 0.2) is 12.1 Å². The summed E-state index contributed by atoms with van der Waals surface area (Å²) in [6, 6.07) is 3.25. The van der Waals surface area contributed by atoms with Gasteiger partial charge in [0.05, 0.1) is 13.2 Å². The first-order valence-electron chi connectivity index (χ1n) is 5.51. The van der Waals surface area contributed by atoms with Crippen LogP contribution in [0, 0.1) is 5.82 Å². The van der Waals surface area contributed by atoms with Gasteiger partial charge in [0.25, 0.3) is 0 Å². The highest BCUT2D eigenvalue weighted by Gasteiger charge is 2.34. The van der Waals surface area contributed by atoms with Crippen molar-refractivity contribution in [1.29, 1.82) is 0 Å². The molecule has 16 heavy (non-hydrogen) atoms. The minimum absolute atomic E-state index is 0.000981. The standard InChI is InChI=1S/C13H16F2O/c1-8(2)9-4-11-10(12(14)5-9)6-16-7-13(11,3)15/h4-5,8H,6-7H2,1-3H3. The van der Waals surface area contributed by atoms with Gasteiger partial charge in [-0.3, -0.25) is 0 Å². The van der Waals surface area contributed by atoms with Crippen LogP contribution in [0.2, 0.25) is 0 Å². The Hall–Kier alpha value is -0.960. The lowest BCUT2D eigenvalue weighted by Crippen LogP contribution is -2.30. The largest absolute Gasteiger partial charge is 0.373 e. The minimum Gasteiger partial charge on any atom is -0.373 e. The van der Waals surface area contributed by atoms with E-state index in [1.807, 2.05) is 13.8 Å². The van der Waals surface area contributed by atoms with Crippen LogP contribution in [0.4, 0.5) is 8.78 Å². The van der Waals surface area contributed by atoms with E-state index >= 15 is 0 Å². The first kappa shape index (κ1) is 11.5. The Balaban J connectivity index is 2.59. The van der Waals surface area contributed by atoms with Crippen LogP contribution < -0.4 is 0 Å². The van der Waals surface area contributed by atoms with Crippen molar-refractivity contribution in [2.45, 2.75) is 39.0 Å². The summed E-state index contributed by atoms with van der Waals surface area (Å²) in [6.07, 6.45) is 0.